The van der Waals surface area contributed by atoms with Crippen LogP contribution in [0.4, 0.5) is 5.82 Å². The number of nitrogens with one attached hydrogen (secondary N) is 2. The second-order valence-corrected chi connectivity index (χ2v) is 7.60. The van der Waals surface area contributed by atoms with Gasteiger partial charge in [-0.1, -0.05) is 11.6 Å². The Morgan fingerprint density at radius 2 is 2.09 bits per heavy atom. The van der Waals surface area contributed by atoms with E-state index in [2.05, 4.69) is 15.5 Å². The summed E-state index contributed by atoms with van der Waals surface area (Å²) in [6.45, 7) is 1.72. The molecule has 23 heavy (non-hydrogen) atoms. The van der Waals surface area contributed by atoms with E-state index in [1.54, 1.807) is 38.3 Å². The second-order valence-electron chi connectivity index (χ2n) is 5.68. The number of rotatable bonds is 4. The van der Waals surface area contributed by atoms with Crippen LogP contribution in [0.2, 0.25) is 5.02 Å². The summed E-state index contributed by atoms with van der Waals surface area (Å²) in [4.78, 5) is 12.3. The minimum atomic E-state index is -1.02. The molecule has 0 radical (unpaired) electrons. The third-order valence-electron chi connectivity index (χ3n) is 4.03. The van der Waals surface area contributed by atoms with Gasteiger partial charge in [0.05, 0.1) is 18.2 Å². The fourth-order valence-corrected chi connectivity index (χ4v) is 3.19. The average molecular weight is 375 g/mol. The highest BCUT2D eigenvalue weighted by Crippen LogP contribution is 2.64. The molecule has 8 heteroatoms. The highest BCUT2D eigenvalue weighted by atomic mass is 35.5. The largest absolute Gasteiger partial charge is 0.496 e. The number of aromatic nitrogens is 2. The highest BCUT2D eigenvalue weighted by molar-refractivity contribution is 6.53. The average Bonchev–Trinajstić information content (AvgIpc) is 2.85. The fraction of sp³-hybridized carbons (Fsp3) is 0.333. The number of hydrogen-bond acceptors (Lipinski definition) is 3. The second kappa shape index (κ2) is 5.58. The van der Waals surface area contributed by atoms with Crippen LogP contribution >= 0.6 is 34.8 Å². The molecule has 0 spiro atoms. The number of nitrogens with zero attached hydrogens (tertiary/aromatic N) is 1. The Kier molecular flexibility index (Phi) is 3.99. The molecular weight excluding hydrogens is 361 g/mol. The van der Waals surface area contributed by atoms with Crippen molar-refractivity contribution in [1.29, 1.82) is 0 Å². The number of benzene rings is 1. The number of anilines is 1. The molecule has 122 valence electrons. The van der Waals surface area contributed by atoms with Crippen molar-refractivity contribution in [2.24, 2.45) is 5.41 Å². The Bertz CT molecular complexity index is 775. The molecule has 2 aromatic rings. The molecule has 5 nitrogen and oxygen atoms in total. The highest BCUT2D eigenvalue weighted by Gasteiger charge is 2.68. The summed E-state index contributed by atoms with van der Waals surface area (Å²) >= 11 is 18.1. The number of alkyl halides is 2. The van der Waals surface area contributed by atoms with Crippen LogP contribution in [0.25, 0.3) is 11.3 Å². The summed E-state index contributed by atoms with van der Waals surface area (Å²) in [5.41, 5.74) is 0.612. The fourth-order valence-electron chi connectivity index (χ4n) is 2.31. The molecule has 2 N–H and O–H groups in total. The Morgan fingerprint density at radius 1 is 1.39 bits per heavy atom. The van der Waals surface area contributed by atoms with Gasteiger partial charge in [-0.15, -0.1) is 23.2 Å². The van der Waals surface area contributed by atoms with Crippen LogP contribution in [-0.2, 0) is 4.79 Å². The predicted octanol–water partition coefficient (Wildman–Crippen LogP) is 4.26. The van der Waals surface area contributed by atoms with E-state index in [4.69, 9.17) is 39.5 Å². The van der Waals surface area contributed by atoms with Crippen LogP contribution < -0.4 is 10.1 Å². The summed E-state index contributed by atoms with van der Waals surface area (Å²) in [7, 11) is 1.57. The van der Waals surface area contributed by atoms with Crippen molar-refractivity contribution in [2.45, 2.75) is 17.7 Å². The molecule has 3 rings (SSSR count). The lowest BCUT2D eigenvalue weighted by Crippen LogP contribution is -2.26. The molecule has 1 amide bonds. The lowest BCUT2D eigenvalue weighted by atomic mass is 10.1. The maximum absolute atomic E-state index is 12.3. The van der Waals surface area contributed by atoms with Gasteiger partial charge in [0, 0.05) is 16.7 Å². The first-order valence-corrected chi connectivity index (χ1v) is 7.99. The van der Waals surface area contributed by atoms with E-state index in [9.17, 15) is 4.79 Å². The maximum Gasteiger partial charge on any atom is 0.234 e. The quantitative estimate of drug-likeness (QED) is 0.786. The number of halogens is 3. The minimum Gasteiger partial charge on any atom is -0.496 e. The molecular formula is C15H14Cl3N3O2. The molecule has 0 saturated heterocycles. The monoisotopic (exact) mass is 373 g/mol. The van der Waals surface area contributed by atoms with Gasteiger partial charge in [-0.05, 0) is 31.5 Å². The van der Waals surface area contributed by atoms with E-state index in [1.165, 1.54) is 0 Å². The molecule has 0 aliphatic heterocycles. The Morgan fingerprint density at radius 3 is 2.70 bits per heavy atom. The van der Waals surface area contributed by atoms with E-state index in [0.29, 0.717) is 28.7 Å². The SMILES string of the molecule is COc1ccc(Cl)cc1-c1cc(NC(=O)C2(C)CC2(Cl)Cl)n[nH]1. The van der Waals surface area contributed by atoms with Gasteiger partial charge in [0.2, 0.25) is 5.91 Å². The number of amides is 1. The topological polar surface area (TPSA) is 67.0 Å². The minimum absolute atomic E-state index is 0.265. The van der Waals surface area contributed by atoms with Gasteiger partial charge in [-0.25, -0.2) is 0 Å². The van der Waals surface area contributed by atoms with E-state index >= 15 is 0 Å². The van der Waals surface area contributed by atoms with E-state index in [1.807, 2.05) is 0 Å². The number of methoxy groups -OCH3 is 1. The molecule has 1 saturated carbocycles. The molecule has 1 unspecified atom stereocenters. The van der Waals surface area contributed by atoms with Crippen LogP contribution in [0.5, 0.6) is 5.75 Å². The number of carbonyl (C=O) groups excluding carboxylic acids is 1. The summed E-state index contributed by atoms with van der Waals surface area (Å²) in [5, 5.41) is 10.2. The smallest absolute Gasteiger partial charge is 0.234 e. The number of hydrogen-bond donors (Lipinski definition) is 2. The van der Waals surface area contributed by atoms with Crippen molar-refractivity contribution in [3.05, 3.63) is 29.3 Å². The van der Waals surface area contributed by atoms with Crippen molar-refractivity contribution in [3.63, 3.8) is 0 Å². The molecule has 1 atom stereocenters. The molecule has 1 fully saturated rings. The van der Waals surface area contributed by atoms with Crippen molar-refractivity contribution in [2.75, 3.05) is 12.4 Å². The standard InChI is InChI=1S/C15H14Cl3N3O2/c1-14(7-15(14,17)18)13(22)19-12-6-10(20-21-12)9-5-8(16)3-4-11(9)23-2/h3-6H,7H2,1-2H3,(H2,19,20,21,22). The number of H-pyrrole nitrogens is 1. The molecule has 0 bridgehead atoms. The maximum atomic E-state index is 12.3. The van der Waals surface area contributed by atoms with Crippen molar-refractivity contribution < 1.29 is 9.53 Å². The summed E-state index contributed by atoms with van der Waals surface area (Å²) in [6.07, 6.45) is 0.411. The first kappa shape index (κ1) is 16.4. The molecule has 1 aromatic heterocycles. The van der Waals surface area contributed by atoms with Gasteiger partial charge in [-0.2, -0.15) is 5.10 Å². The van der Waals surface area contributed by atoms with Crippen LogP contribution in [-0.4, -0.2) is 27.5 Å². The van der Waals surface area contributed by atoms with Gasteiger partial charge in [0.25, 0.3) is 0 Å². The third kappa shape index (κ3) is 2.89. The Balaban J connectivity index is 1.82. The van der Waals surface area contributed by atoms with E-state index < -0.39 is 9.75 Å². The van der Waals surface area contributed by atoms with Crippen molar-refractivity contribution >= 4 is 46.5 Å². The number of aromatic amines is 1. The van der Waals surface area contributed by atoms with Gasteiger partial charge < -0.3 is 10.1 Å². The summed E-state index contributed by atoms with van der Waals surface area (Å²) < 4.78 is 4.29. The third-order valence-corrected chi connectivity index (χ3v) is 5.37. The van der Waals surface area contributed by atoms with E-state index in [-0.39, 0.29) is 5.91 Å². The zero-order valence-corrected chi connectivity index (χ0v) is 14.7. The molecule has 1 aromatic carbocycles. The van der Waals surface area contributed by atoms with Crippen LogP contribution in [0.3, 0.4) is 0 Å². The summed E-state index contributed by atoms with van der Waals surface area (Å²) in [6, 6.07) is 6.95. The lowest BCUT2D eigenvalue weighted by molar-refractivity contribution is -0.120. The Labute approximate surface area is 148 Å². The number of ether oxygens (including phenoxy) is 1. The zero-order chi connectivity index (χ0) is 16.8. The van der Waals surface area contributed by atoms with Crippen LogP contribution in [0, 0.1) is 5.41 Å². The normalized spacial score (nSPS) is 21.8. The van der Waals surface area contributed by atoms with Crippen LogP contribution in [0.1, 0.15) is 13.3 Å². The van der Waals surface area contributed by atoms with Crippen molar-refractivity contribution in [3.8, 4) is 17.0 Å². The molecule has 1 heterocycles. The molecule has 1 aliphatic rings. The lowest BCUT2D eigenvalue weighted by Gasteiger charge is -2.10. The van der Waals surface area contributed by atoms with Crippen molar-refractivity contribution in [1.82, 2.24) is 10.2 Å². The van der Waals surface area contributed by atoms with Gasteiger partial charge >= 0.3 is 0 Å². The van der Waals surface area contributed by atoms with Crippen LogP contribution in [0.15, 0.2) is 24.3 Å². The van der Waals surface area contributed by atoms with Gasteiger partial charge in [0.1, 0.15) is 10.1 Å². The Hall–Kier alpha value is -1.43. The summed E-state index contributed by atoms with van der Waals surface area (Å²) in [5.74, 6) is 0.758. The van der Waals surface area contributed by atoms with Gasteiger partial charge in [0.15, 0.2) is 5.82 Å². The number of carbonyl (C=O) groups is 1. The first-order valence-electron chi connectivity index (χ1n) is 6.85. The first-order chi connectivity index (χ1) is 10.8. The predicted molar refractivity (Wildman–Crippen MR) is 91.4 cm³/mol. The van der Waals surface area contributed by atoms with E-state index in [0.717, 1.165) is 5.56 Å². The van der Waals surface area contributed by atoms with Gasteiger partial charge in [-0.3, -0.25) is 9.89 Å². The molecule has 1 aliphatic carbocycles. The zero-order valence-electron chi connectivity index (χ0n) is 12.4.